The number of nitrogens with one attached hydrogen (secondary N) is 2. The van der Waals surface area contributed by atoms with Gasteiger partial charge in [0.05, 0.1) is 10.9 Å². The average Bonchev–Trinajstić information content (AvgIpc) is 2.79. The molecule has 0 radical (unpaired) electrons. The number of para-hydroxylation sites is 1. The van der Waals surface area contributed by atoms with E-state index in [-0.39, 0.29) is 24.4 Å². The molecule has 7 nitrogen and oxygen atoms in total. The Morgan fingerprint density at radius 2 is 1.81 bits per heavy atom. The van der Waals surface area contributed by atoms with Gasteiger partial charge in [0.15, 0.2) is 4.77 Å². The molecular weight excluding hydrogens is 422 g/mol. The Morgan fingerprint density at radius 3 is 2.62 bits per heavy atom. The second-order valence-corrected chi connectivity index (χ2v) is 8.75. The van der Waals surface area contributed by atoms with Crippen LogP contribution in [0.1, 0.15) is 17.5 Å². The molecule has 0 bridgehead atoms. The van der Waals surface area contributed by atoms with Gasteiger partial charge in [-0.25, -0.2) is 0 Å². The van der Waals surface area contributed by atoms with E-state index in [1.54, 1.807) is 6.07 Å². The third-order valence-corrected chi connectivity index (χ3v) is 6.26. The molecule has 1 aliphatic rings. The summed E-state index contributed by atoms with van der Waals surface area (Å²) in [6.07, 6.45) is 0.191. The Labute approximate surface area is 192 Å². The molecule has 1 fully saturated rings. The van der Waals surface area contributed by atoms with Crippen molar-refractivity contribution >= 4 is 29.0 Å². The summed E-state index contributed by atoms with van der Waals surface area (Å²) in [4.78, 5) is 33.0. The maximum Gasteiger partial charge on any atom is 0.262 e. The number of H-pyrrole nitrogens is 1. The lowest BCUT2D eigenvalue weighted by molar-refractivity contribution is -0.121. The van der Waals surface area contributed by atoms with Gasteiger partial charge in [0.2, 0.25) is 5.91 Å². The first kappa shape index (κ1) is 22.4. The van der Waals surface area contributed by atoms with Crippen molar-refractivity contribution in [2.75, 3.05) is 33.2 Å². The fourth-order valence-corrected chi connectivity index (χ4v) is 4.29. The minimum Gasteiger partial charge on any atom is -0.352 e. The third-order valence-electron chi connectivity index (χ3n) is 5.94. The quantitative estimate of drug-likeness (QED) is 0.540. The van der Waals surface area contributed by atoms with E-state index in [9.17, 15) is 9.59 Å². The van der Waals surface area contributed by atoms with Crippen molar-refractivity contribution in [2.45, 2.75) is 26.1 Å². The number of hydrogen-bond acceptors (Lipinski definition) is 5. The molecule has 8 heteroatoms. The number of aromatic amines is 1. The molecule has 168 valence electrons. The molecule has 1 saturated heterocycles. The summed E-state index contributed by atoms with van der Waals surface area (Å²) in [6.45, 7) is 5.99. The highest BCUT2D eigenvalue weighted by molar-refractivity contribution is 7.71. The Balaban J connectivity index is 1.31. The number of fused-ring (bicyclic) bond motifs is 1. The lowest BCUT2D eigenvalue weighted by Gasteiger charge is -2.32. The number of benzene rings is 2. The Hall–Kier alpha value is -2.81. The van der Waals surface area contributed by atoms with Crippen molar-refractivity contribution < 1.29 is 4.79 Å². The molecule has 2 aromatic carbocycles. The highest BCUT2D eigenvalue weighted by Gasteiger charge is 2.14. The van der Waals surface area contributed by atoms with Crippen molar-refractivity contribution in [3.63, 3.8) is 0 Å². The van der Waals surface area contributed by atoms with Crippen LogP contribution in [0.4, 0.5) is 0 Å². The van der Waals surface area contributed by atoms with Gasteiger partial charge in [-0.1, -0.05) is 36.4 Å². The minimum atomic E-state index is -0.172. The Bertz CT molecular complexity index is 1210. The van der Waals surface area contributed by atoms with Crippen LogP contribution in [-0.2, 0) is 24.4 Å². The van der Waals surface area contributed by atoms with Crippen LogP contribution in [0.3, 0.4) is 0 Å². The second kappa shape index (κ2) is 10.2. The van der Waals surface area contributed by atoms with Gasteiger partial charge < -0.3 is 15.2 Å². The lowest BCUT2D eigenvalue weighted by atomic mass is 10.1. The van der Waals surface area contributed by atoms with Gasteiger partial charge >= 0.3 is 0 Å². The standard InChI is InChI=1S/C24H29N5O2S/c1-27-11-13-28(14-12-27)17-19-6-4-5-18(15-19)16-25-22(30)9-10-29-23(31)20-7-2-3-8-21(20)26-24(29)32/h2-8,15H,9-14,16-17H2,1H3,(H,25,30)(H,26,32). The normalized spacial score (nSPS) is 15.2. The Morgan fingerprint density at radius 1 is 1.06 bits per heavy atom. The fourth-order valence-electron chi connectivity index (χ4n) is 4.01. The predicted molar refractivity (Wildman–Crippen MR) is 129 cm³/mol. The molecule has 0 atom stereocenters. The molecule has 32 heavy (non-hydrogen) atoms. The molecule has 1 aliphatic heterocycles. The summed E-state index contributed by atoms with van der Waals surface area (Å²) < 4.78 is 1.78. The van der Waals surface area contributed by atoms with Crippen molar-refractivity contribution in [3.05, 3.63) is 74.8 Å². The first-order valence-electron chi connectivity index (χ1n) is 11.0. The molecule has 1 amide bonds. The number of rotatable bonds is 7. The van der Waals surface area contributed by atoms with E-state index in [0.29, 0.717) is 22.2 Å². The van der Waals surface area contributed by atoms with Crippen LogP contribution in [0.2, 0.25) is 0 Å². The average molecular weight is 452 g/mol. The van der Waals surface area contributed by atoms with Gasteiger partial charge in [-0.05, 0) is 42.5 Å². The molecule has 1 aromatic heterocycles. The van der Waals surface area contributed by atoms with E-state index in [2.05, 4.69) is 39.3 Å². The molecule has 4 rings (SSSR count). The van der Waals surface area contributed by atoms with Crippen molar-refractivity contribution in [1.82, 2.24) is 24.7 Å². The van der Waals surface area contributed by atoms with Crippen LogP contribution in [0.25, 0.3) is 10.9 Å². The van der Waals surface area contributed by atoms with Gasteiger partial charge in [-0.2, -0.15) is 0 Å². The Kier molecular flexibility index (Phi) is 7.14. The molecule has 2 N–H and O–H groups in total. The predicted octanol–water partition coefficient (Wildman–Crippen LogP) is 2.51. The first-order valence-corrected chi connectivity index (χ1v) is 11.4. The highest BCUT2D eigenvalue weighted by Crippen LogP contribution is 2.11. The number of likely N-dealkylation sites (N-methyl/N-ethyl adjacent to an activating group) is 1. The number of nitrogens with zero attached hydrogens (tertiary/aromatic N) is 3. The zero-order chi connectivity index (χ0) is 22.5. The van der Waals surface area contributed by atoms with Crippen molar-refractivity contribution in [2.24, 2.45) is 0 Å². The van der Waals surface area contributed by atoms with Crippen molar-refractivity contribution in [1.29, 1.82) is 0 Å². The van der Waals surface area contributed by atoms with E-state index in [1.807, 2.05) is 30.3 Å². The van der Waals surface area contributed by atoms with Crippen LogP contribution in [0, 0.1) is 4.77 Å². The summed E-state index contributed by atoms with van der Waals surface area (Å²) >= 11 is 5.32. The summed E-state index contributed by atoms with van der Waals surface area (Å²) in [5.74, 6) is -0.107. The summed E-state index contributed by atoms with van der Waals surface area (Å²) in [5.41, 5.74) is 2.87. The fraction of sp³-hybridized carbons (Fsp3) is 0.375. The van der Waals surface area contributed by atoms with Gasteiger partial charge in [0.1, 0.15) is 0 Å². The zero-order valence-electron chi connectivity index (χ0n) is 18.3. The monoisotopic (exact) mass is 451 g/mol. The number of carbonyl (C=O) groups excluding carboxylic acids is 1. The molecule has 0 spiro atoms. The molecule has 0 saturated carbocycles. The maximum absolute atomic E-state index is 12.7. The van der Waals surface area contributed by atoms with Gasteiger partial charge in [-0.15, -0.1) is 0 Å². The van der Waals surface area contributed by atoms with E-state index < -0.39 is 0 Å². The topological polar surface area (TPSA) is 73.4 Å². The van der Waals surface area contributed by atoms with E-state index >= 15 is 0 Å². The number of piperazine rings is 1. The zero-order valence-corrected chi connectivity index (χ0v) is 19.2. The lowest BCUT2D eigenvalue weighted by Crippen LogP contribution is -2.43. The molecule has 0 aliphatic carbocycles. The summed E-state index contributed by atoms with van der Waals surface area (Å²) in [7, 11) is 2.16. The largest absolute Gasteiger partial charge is 0.352 e. The number of carbonyl (C=O) groups is 1. The summed E-state index contributed by atoms with van der Waals surface area (Å²) in [6, 6.07) is 15.6. The molecule has 2 heterocycles. The van der Waals surface area contributed by atoms with Gasteiger partial charge in [0, 0.05) is 52.2 Å². The van der Waals surface area contributed by atoms with E-state index in [1.165, 1.54) is 10.1 Å². The molecule has 0 unspecified atom stereocenters. The van der Waals surface area contributed by atoms with Gasteiger partial charge in [-0.3, -0.25) is 19.1 Å². The molecule has 3 aromatic rings. The van der Waals surface area contributed by atoms with Crippen LogP contribution in [-0.4, -0.2) is 58.5 Å². The second-order valence-electron chi connectivity index (χ2n) is 8.36. The van der Waals surface area contributed by atoms with Crippen LogP contribution in [0.5, 0.6) is 0 Å². The maximum atomic E-state index is 12.7. The number of amides is 1. The summed E-state index contributed by atoms with van der Waals surface area (Å²) in [5, 5.41) is 3.53. The van der Waals surface area contributed by atoms with E-state index in [4.69, 9.17) is 12.2 Å². The van der Waals surface area contributed by atoms with E-state index in [0.717, 1.165) is 38.3 Å². The number of aromatic nitrogens is 2. The SMILES string of the molecule is CN1CCN(Cc2cccc(CNC(=O)CCn3c(=S)[nH]c4ccccc4c3=O)c2)CC1. The number of hydrogen-bond donors (Lipinski definition) is 2. The van der Waals surface area contributed by atoms with Crippen LogP contribution >= 0.6 is 12.2 Å². The van der Waals surface area contributed by atoms with Gasteiger partial charge in [0.25, 0.3) is 5.56 Å². The minimum absolute atomic E-state index is 0.107. The molecular formula is C24H29N5O2S. The van der Waals surface area contributed by atoms with Crippen LogP contribution < -0.4 is 10.9 Å². The van der Waals surface area contributed by atoms with Crippen molar-refractivity contribution in [3.8, 4) is 0 Å². The first-order chi connectivity index (χ1) is 15.5. The highest BCUT2D eigenvalue weighted by atomic mass is 32.1. The van der Waals surface area contributed by atoms with Crippen LogP contribution in [0.15, 0.2) is 53.3 Å². The smallest absolute Gasteiger partial charge is 0.262 e. The third kappa shape index (κ3) is 5.51.